The van der Waals surface area contributed by atoms with Crippen LogP contribution < -0.4 is 15.4 Å². The van der Waals surface area contributed by atoms with Crippen LogP contribution in [-0.2, 0) is 7.05 Å². The second-order valence-electron chi connectivity index (χ2n) is 5.98. The Bertz CT molecular complexity index is 970. The van der Waals surface area contributed by atoms with Crippen LogP contribution in [0.5, 0.6) is 0 Å². The fraction of sp³-hybridized carbons (Fsp3) is 0.312. The third-order valence-corrected chi connectivity index (χ3v) is 5.00. The normalized spacial score (nSPS) is 15.2. The minimum atomic E-state index is -0.122. The molecule has 1 aliphatic rings. The number of halogens is 2. The van der Waals surface area contributed by atoms with Gasteiger partial charge in [0.25, 0.3) is 5.56 Å². The van der Waals surface area contributed by atoms with E-state index in [0.29, 0.717) is 40.1 Å². The second-order valence-corrected chi connectivity index (χ2v) is 6.79. The molecule has 0 radical (unpaired) electrons. The number of hydrogen-bond donors (Lipinski definition) is 1. The molecule has 1 N–H and O–H groups in total. The number of fused-ring (bicyclic) bond motifs is 1. The van der Waals surface area contributed by atoms with Gasteiger partial charge in [0.2, 0.25) is 5.95 Å². The van der Waals surface area contributed by atoms with Gasteiger partial charge in [-0.1, -0.05) is 23.2 Å². The first-order valence-electron chi connectivity index (χ1n) is 7.89. The van der Waals surface area contributed by atoms with Crippen LogP contribution in [0.15, 0.2) is 29.5 Å². The highest BCUT2D eigenvalue weighted by molar-refractivity contribution is 6.38. The zero-order valence-electron chi connectivity index (χ0n) is 13.5. The molecule has 3 aromatic rings. The molecule has 0 amide bonds. The number of rotatable bonds is 2. The van der Waals surface area contributed by atoms with Crippen LogP contribution in [-0.4, -0.2) is 45.7 Å². The van der Waals surface area contributed by atoms with Crippen molar-refractivity contribution in [3.05, 3.63) is 45.1 Å². The molecule has 0 aromatic carbocycles. The Morgan fingerprint density at radius 1 is 1.08 bits per heavy atom. The first-order valence-corrected chi connectivity index (χ1v) is 8.64. The SMILES string of the molecule is Cn1ccc2c(=O)[nH]c(N3CCN(c4c(Cl)cncc4Cl)CC3)nc21. The average Bonchev–Trinajstić information content (AvgIpc) is 2.97. The molecule has 1 aliphatic heterocycles. The van der Waals surface area contributed by atoms with E-state index in [1.54, 1.807) is 18.5 Å². The zero-order chi connectivity index (χ0) is 17.6. The van der Waals surface area contributed by atoms with Crippen LogP contribution in [0.2, 0.25) is 10.0 Å². The van der Waals surface area contributed by atoms with Crippen molar-refractivity contribution in [1.82, 2.24) is 19.5 Å². The summed E-state index contributed by atoms with van der Waals surface area (Å²) in [6.07, 6.45) is 5.02. The minimum Gasteiger partial charge on any atom is -0.365 e. The molecule has 9 heteroatoms. The zero-order valence-corrected chi connectivity index (χ0v) is 15.0. The Labute approximate surface area is 153 Å². The maximum Gasteiger partial charge on any atom is 0.261 e. The topological polar surface area (TPSA) is 70.1 Å². The van der Waals surface area contributed by atoms with Crippen LogP contribution in [0.4, 0.5) is 11.6 Å². The number of aromatic nitrogens is 4. The Morgan fingerprint density at radius 2 is 1.72 bits per heavy atom. The highest BCUT2D eigenvalue weighted by atomic mass is 35.5. The molecule has 7 nitrogen and oxygen atoms in total. The Kier molecular flexibility index (Phi) is 4.05. The number of aryl methyl sites for hydroxylation is 1. The van der Waals surface area contributed by atoms with E-state index >= 15 is 0 Å². The van der Waals surface area contributed by atoms with E-state index in [1.807, 2.05) is 17.8 Å². The molecule has 1 fully saturated rings. The van der Waals surface area contributed by atoms with E-state index in [4.69, 9.17) is 23.2 Å². The Balaban J connectivity index is 1.58. The number of aromatic amines is 1. The van der Waals surface area contributed by atoms with E-state index in [1.165, 1.54) is 0 Å². The summed E-state index contributed by atoms with van der Waals surface area (Å²) in [6, 6.07) is 1.77. The second kappa shape index (κ2) is 6.24. The van der Waals surface area contributed by atoms with Gasteiger partial charge in [0.1, 0.15) is 5.65 Å². The lowest BCUT2D eigenvalue weighted by Gasteiger charge is -2.36. The summed E-state index contributed by atoms with van der Waals surface area (Å²) in [5, 5.41) is 1.68. The monoisotopic (exact) mass is 378 g/mol. The Morgan fingerprint density at radius 3 is 2.40 bits per heavy atom. The van der Waals surface area contributed by atoms with Crippen molar-refractivity contribution >= 4 is 45.9 Å². The molecule has 1 saturated heterocycles. The number of nitrogens with one attached hydrogen (secondary N) is 1. The number of piperazine rings is 1. The number of nitrogens with zero attached hydrogens (tertiary/aromatic N) is 5. The van der Waals surface area contributed by atoms with Gasteiger partial charge >= 0.3 is 0 Å². The number of H-pyrrole nitrogens is 1. The van der Waals surface area contributed by atoms with Crippen LogP contribution >= 0.6 is 23.2 Å². The van der Waals surface area contributed by atoms with Gasteiger partial charge < -0.3 is 14.4 Å². The molecular formula is C16H16Cl2N6O. The van der Waals surface area contributed by atoms with E-state index in [0.717, 1.165) is 18.8 Å². The molecule has 4 heterocycles. The van der Waals surface area contributed by atoms with Gasteiger partial charge in [-0.2, -0.15) is 4.98 Å². The smallest absolute Gasteiger partial charge is 0.261 e. The van der Waals surface area contributed by atoms with E-state index in [2.05, 4.69) is 24.8 Å². The lowest BCUT2D eigenvalue weighted by Crippen LogP contribution is -2.47. The number of pyridine rings is 1. The Hall–Kier alpha value is -2.25. The summed E-state index contributed by atoms with van der Waals surface area (Å²) < 4.78 is 1.85. The molecular weight excluding hydrogens is 363 g/mol. The number of hydrogen-bond acceptors (Lipinski definition) is 5. The molecule has 0 atom stereocenters. The first kappa shape index (κ1) is 16.2. The molecule has 4 rings (SSSR count). The van der Waals surface area contributed by atoms with Crippen molar-refractivity contribution in [3.8, 4) is 0 Å². The fourth-order valence-electron chi connectivity index (χ4n) is 3.13. The van der Waals surface area contributed by atoms with Crippen molar-refractivity contribution in [2.45, 2.75) is 0 Å². The maximum atomic E-state index is 12.2. The molecule has 0 aliphatic carbocycles. The molecule has 0 saturated carbocycles. The lowest BCUT2D eigenvalue weighted by molar-refractivity contribution is 0.639. The third kappa shape index (κ3) is 2.83. The van der Waals surface area contributed by atoms with Crippen LogP contribution in [0.3, 0.4) is 0 Å². The summed E-state index contributed by atoms with van der Waals surface area (Å²) in [4.78, 5) is 27.9. The van der Waals surface area contributed by atoms with Gasteiger partial charge in [0.15, 0.2) is 0 Å². The number of anilines is 2. The third-order valence-electron chi connectivity index (χ3n) is 4.45. The van der Waals surface area contributed by atoms with Gasteiger partial charge in [0, 0.05) is 51.8 Å². The fourth-order valence-corrected chi connectivity index (χ4v) is 3.74. The van der Waals surface area contributed by atoms with Gasteiger partial charge in [0.05, 0.1) is 21.1 Å². The van der Waals surface area contributed by atoms with Crippen molar-refractivity contribution in [1.29, 1.82) is 0 Å². The van der Waals surface area contributed by atoms with Gasteiger partial charge in [-0.3, -0.25) is 14.8 Å². The largest absolute Gasteiger partial charge is 0.365 e. The summed E-state index contributed by atoms with van der Waals surface area (Å²) >= 11 is 12.5. The van der Waals surface area contributed by atoms with Crippen molar-refractivity contribution in [2.75, 3.05) is 36.0 Å². The van der Waals surface area contributed by atoms with E-state index in [-0.39, 0.29) is 5.56 Å². The molecule has 25 heavy (non-hydrogen) atoms. The standard InChI is InChI=1S/C16H16Cl2N6O/c1-22-3-2-10-14(22)20-16(21-15(10)25)24-6-4-23(5-7-24)13-11(17)8-19-9-12(13)18/h2-3,8-9H,4-7H2,1H3,(H,20,21,25). The summed E-state index contributed by atoms with van der Waals surface area (Å²) in [5.74, 6) is 0.589. The van der Waals surface area contributed by atoms with Gasteiger partial charge in [-0.25, -0.2) is 0 Å². The first-order chi connectivity index (χ1) is 12.0. The van der Waals surface area contributed by atoms with Crippen molar-refractivity contribution in [2.24, 2.45) is 7.05 Å². The maximum absolute atomic E-state index is 12.2. The van der Waals surface area contributed by atoms with Crippen molar-refractivity contribution in [3.63, 3.8) is 0 Å². The predicted octanol–water partition coefficient (Wildman–Crippen LogP) is 2.29. The summed E-state index contributed by atoms with van der Waals surface area (Å²) in [7, 11) is 1.88. The van der Waals surface area contributed by atoms with Crippen LogP contribution in [0.25, 0.3) is 11.0 Å². The van der Waals surface area contributed by atoms with E-state index < -0.39 is 0 Å². The average molecular weight is 379 g/mol. The highest BCUT2D eigenvalue weighted by Crippen LogP contribution is 2.33. The quantitative estimate of drug-likeness (QED) is 0.740. The van der Waals surface area contributed by atoms with Crippen LogP contribution in [0, 0.1) is 0 Å². The van der Waals surface area contributed by atoms with Crippen LogP contribution in [0.1, 0.15) is 0 Å². The molecule has 0 bridgehead atoms. The van der Waals surface area contributed by atoms with Gasteiger partial charge in [-0.15, -0.1) is 0 Å². The predicted molar refractivity (Wildman–Crippen MR) is 100 cm³/mol. The van der Waals surface area contributed by atoms with Gasteiger partial charge in [-0.05, 0) is 6.07 Å². The molecule has 130 valence electrons. The van der Waals surface area contributed by atoms with Crippen molar-refractivity contribution < 1.29 is 0 Å². The minimum absolute atomic E-state index is 0.122. The summed E-state index contributed by atoms with van der Waals surface area (Å²) in [6.45, 7) is 2.85. The van der Waals surface area contributed by atoms with E-state index in [9.17, 15) is 4.79 Å². The highest BCUT2D eigenvalue weighted by Gasteiger charge is 2.23. The molecule has 3 aromatic heterocycles. The molecule has 0 spiro atoms. The summed E-state index contributed by atoms with van der Waals surface area (Å²) in [5.41, 5.74) is 1.36. The molecule has 0 unspecified atom stereocenters. The lowest BCUT2D eigenvalue weighted by atomic mass is 10.2.